The Bertz CT molecular complexity index is 489. The standard InChI is InChI=1S/C13H15F2NO3/c1-7(2)6-10(13(18)19)16-12(17)8-4-3-5-9(14)11(8)15/h3-5,7,10H,6H2,1-2H3,(H,16,17)(H,18,19). The molecule has 0 aliphatic carbocycles. The predicted molar refractivity (Wildman–Crippen MR) is 64.7 cm³/mol. The van der Waals surface area contributed by atoms with Gasteiger partial charge >= 0.3 is 5.97 Å². The van der Waals surface area contributed by atoms with Crippen molar-refractivity contribution in [2.24, 2.45) is 5.92 Å². The molecule has 6 heteroatoms. The highest BCUT2D eigenvalue weighted by Gasteiger charge is 2.23. The van der Waals surface area contributed by atoms with Crippen molar-refractivity contribution in [3.63, 3.8) is 0 Å². The molecular formula is C13H15F2NO3. The Labute approximate surface area is 109 Å². The molecule has 0 aliphatic heterocycles. The molecule has 1 rings (SSSR count). The van der Waals surface area contributed by atoms with Gasteiger partial charge in [-0.1, -0.05) is 19.9 Å². The maximum absolute atomic E-state index is 13.4. The Balaban J connectivity index is 2.88. The van der Waals surface area contributed by atoms with Crippen molar-refractivity contribution in [2.75, 3.05) is 0 Å². The third-order valence-electron chi connectivity index (χ3n) is 2.51. The van der Waals surface area contributed by atoms with E-state index in [0.717, 1.165) is 12.1 Å². The normalized spacial score (nSPS) is 12.3. The van der Waals surface area contributed by atoms with Crippen molar-refractivity contribution in [3.05, 3.63) is 35.4 Å². The lowest BCUT2D eigenvalue weighted by atomic mass is 10.0. The topological polar surface area (TPSA) is 66.4 Å². The zero-order chi connectivity index (χ0) is 14.6. The molecule has 0 spiro atoms. The SMILES string of the molecule is CC(C)CC(NC(=O)c1cccc(F)c1F)C(=O)O. The van der Waals surface area contributed by atoms with Crippen molar-refractivity contribution in [1.29, 1.82) is 0 Å². The number of rotatable bonds is 5. The second kappa shape index (κ2) is 6.26. The maximum Gasteiger partial charge on any atom is 0.326 e. The summed E-state index contributed by atoms with van der Waals surface area (Å²) in [5.41, 5.74) is -0.505. The summed E-state index contributed by atoms with van der Waals surface area (Å²) in [6, 6.07) is 2.04. The van der Waals surface area contributed by atoms with Crippen molar-refractivity contribution < 1.29 is 23.5 Å². The third-order valence-corrected chi connectivity index (χ3v) is 2.51. The van der Waals surface area contributed by atoms with Crippen LogP contribution in [0.15, 0.2) is 18.2 Å². The Kier molecular flexibility index (Phi) is 4.97. The van der Waals surface area contributed by atoms with Crippen LogP contribution in [0.3, 0.4) is 0 Å². The number of amides is 1. The number of carboxylic acids is 1. The van der Waals surface area contributed by atoms with Gasteiger partial charge in [0.1, 0.15) is 6.04 Å². The fraction of sp³-hybridized carbons (Fsp3) is 0.385. The molecule has 1 aromatic carbocycles. The molecule has 0 aliphatic rings. The van der Waals surface area contributed by atoms with Crippen LogP contribution in [0.25, 0.3) is 0 Å². The summed E-state index contributed by atoms with van der Waals surface area (Å²) < 4.78 is 26.4. The maximum atomic E-state index is 13.4. The fourth-order valence-electron chi connectivity index (χ4n) is 1.61. The van der Waals surface area contributed by atoms with Gasteiger partial charge in [0.15, 0.2) is 11.6 Å². The minimum atomic E-state index is -1.28. The van der Waals surface area contributed by atoms with Crippen LogP contribution in [0, 0.1) is 17.6 Å². The smallest absolute Gasteiger partial charge is 0.326 e. The van der Waals surface area contributed by atoms with E-state index in [1.807, 2.05) is 0 Å². The Morgan fingerprint density at radius 3 is 2.47 bits per heavy atom. The number of carbonyl (C=O) groups excluding carboxylic acids is 1. The summed E-state index contributed by atoms with van der Waals surface area (Å²) in [7, 11) is 0. The van der Waals surface area contributed by atoms with Crippen LogP contribution < -0.4 is 5.32 Å². The molecule has 0 bridgehead atoms. The fourth-order valence-corrected chi connectivity index (χ4v) is 1.61. The first kappa shape index (κ1) is 15.1. The molecule has 1 atom stereocenters. The molecule has 1 unspecified atom stereocenters. The van der Waals surface area contributed by atoms with Gasteiger partial charge in [-0.15, -0.1) is 0 Å². The van der Waals surface area contributed by atoms with E-state index in [-0.39, 0.29) is 12.3 Å². The lowest BCUT2D eigenvalue weighted by Gasteiger charge is -2.16. The molecule has 0 saturated carbocycles. The largest absolute Gasteiger partial charge is 0.480 e. The van der Waals surface area contributed by atoms with E-state index in [4.69, 9.17) is 5.11 Å². The van der Waals surface area contributed by atoms with Gasteiger partial charge in [0.25, 0.3) is 5.91 Å². The molecule has 0 aromatic heterocycles. The van der Waals surface area contributed by atoms with E-state index in [2.05, 4.69) is 5.32 Å². The van der Waals surface area contributed by atoms with Gasteiger partial charge in [0.2, 0.25) is 0 Å². The van der Waals surface area contributed by atoms with Crippen LogP contribution in [-0.4, -0.2) is 23.0 Å². The molecule has 1 amide bonds. The second-order valence-electron chi connectivity index (χ2n) is 4.60. The van der Waals surface area contributed by atoms with Gasteiger partial charge < -0.3 is 10.4 Å². The summed E-state index contributed by atoms with van der Waals surface area (Å²) >= 11 is 0. The first-order chi connectivity index (χ1) is 8.82. The zero-order valence-electron chi connectivity index (χ0n) is 10.6. The zero-order valence-corrected chi connectivity index (χ0v) is 10.6. The molecular weight excluding hydrogens is 256 g/mol. The molecule has 0 heterocycles. The Hall–Kier alpha value is -1.98. The first-order valence-corrected chi connectivity index (χ1v) is 5.80. The highest BCUT2D eigenvalue weighted by Crippen LogP contribution is 2.12. The molecule has 2 N–H and O–H groups in total. The van der Waals surface area contributed by atoms with Gasteiger partial charge in [0.05, 0.1) is 5.56 Å². The molecule has 19 heavy (non-hydrogen) atoms. The lowest BCUT2D eigenvalue weighted by molar-refractivity contribution is -0.139. The van der Waals surface area contributed by atoms with E-state index in [1.165, 1.54) is 6.07 Å². The van der Waals surface area contributed by atoms with Gasteiger partial charge in [-0.05, 0) is 24.5 Å². The number of nitrogens with one attached hydrogen (secondary N) is 1. The Morgan fingerprint density at radius 2 is 1.95 bits per heavy atom. The van der Waals surface area contributed by atoms with Gasteiger partial charge in [0, 0.05) is 0 Å². The Morgan fingerprint density at radius 1 is 1.32 bits per heavy atom. The predicted octanol–water partition coefficient (Wildman–Crippen LogP) is 2.19. The van der Waals surface area contributed by atoms with E-state index in [9.17, 15) is 18.4 Å². The van der Waals surface area contributed by atoms with Crippen LogP contribution in [0.5, 0.6) is 0 Å². The monoisotopic (exact) mass is 271 g/mol. The number of halogens is 2. The van der Waals surface area contributed by atoms with Crippen molar-refractivity contribution in [3.8, 4) is 0 Å². The van der Waals surface area contributed by atoms with Crippen molar-refractivity contribution in [1.82, 2.24) is 5.32 Å². The highest BCUT2D eigenvalue weighted by atomic mass is 19.2. The lowest BCUT2D eigenvalue weighted by Crippen LogP contribution is -2.42. The van der Waals surface area contributed by atoms with E-state index in [1.54, 1.807) is 13.8 Å². The minimum Gasteiger partial charge on any atom is -0.480 e. The summed E-state index contributed by atoms with van der Waals surface area (Å²) in [4.78, 5) is 22.7. The summed E-state index contributed by atoms with van der Waals surface area (Å²) in [5, 5.41) is 11.1. The molecule has 1 aromatic rings. The highest BCUT2D eigenvalue weighted by molar-refractivity contribution is 5.96. The molecule has 104 valence electrons. The quantitative estimate of drug-likeness (QED) is 0.862. The van der Waals surface area contributed by atoms with Crippen molar-refractivity contribution in [2.45, 2.75) is 26.3 Å². The third kappa shape index (κ3) is 4.01. The average Bonchev–Trinajstić information content (AvgIpc) is 2.31. The van der Waals surface area contributed by atoms with Crippen LogP contribution >= 0.6 is 0 Å². The van der Waals surface area contributed by atoms with E-state index in [0.29, 0.717) is 0 Å². The average molecular weight is 271 g/mol. The van der Waals surface area contributed by atoms with Gasteiger partial charge in [-0.2, -0.15) is 0 Å². The molecule has 4 nitrogen and oxygen atoms in total. The first-order valence-electron chi connectivity index (χ1n) is 5.80. The number of hydrogen-bond donors (Lipinski definition) is 2. The second-order valence-corrected chi connectivity index (χ2v) is 4.60. The summed E-state index contributed by atoms with van der Waals surface area (Å²) in [5.74, 6) is -4.54. The van der Waals surface area contributed by atoms with E-state index < -0.39 is 35.1 Å². The summed E-state index contributed by atoms with van der Waals surface area (Å²) in [6.45, 7) is 3.59. The van der Waals surface area contributed by atoms with Gasteiger partial charge in [-0.25, -0.2) is 13.6 Å². The summed E-state index contributed by atoms with van der Waals surface area (Å²) in [6.07, 6.45) is 0.206. The number of benzene rings is 1. The minimum absolute atomic E-state index is 0.0405. The molecule has 0 radical (unpaired) electrons. The number of aliphatic carboxylic acids is 1. The van der Waals surface area contributed by atoms with E-state index >= 15 is 0 Å². The number of hydrogen-bond acceptors (Lipinski definition) is 2. The van der Waals surface area contributed by atoms with Crippen molar-refractivity contribution >= 4 is 11.9 Å². The number of carboxylic acid groups (broad SMARTS) is 1. The van der Waals surface area contributed by atoms with Crippen LogP contribution in [0.1, 0.15) is 30.6 Å². The molecule has 0 saturated heterocycles. The van der Waals surface area contributed by atoms with Crippen LogP contribution in [0.2, 0.25) is 0 Å². The van der Waals surface area contributed by atoms with Gasteiger partial charge in [-0.3, -0.25) is 4.79 Å². The van der Waals surface area contributed by atoms with Crippen LogP contribution in [0.4, 0.5) is 8.78 Å². The molecule has 0 fully saturated rings. The van der Waals surface area contributed by atoms with Crippen LogP contribution in [-0.2, 0) is 4.79 Å². The number of carbonyl (C=O) groups is 2.